The summed E-state index contributed by atoms with van der Waals surface area (Å²) < 4.78 is 5.04. The second-order valence-corrected chi connectivity index (χ2v) is 4.76. The van der Waals surface area contributed by atoms with Gasteiger partial charge >= 0.3 is 0 Å². The minimum atomic E-state index is -0.992. The predicted octanol–water partition coefficient (Wildman–Crippen LogP) is 1.46. The number of carbonyl (C=O) groups is 1. The zero-order valence-corrected chi connectivity index (χ0v) is 12.4. The number of nitrogens with two attached hydrogens (primary N) is 1. The number of aryl methyl sites for hydroxylation is 2. The summed E-state index contributed by atoms with van der Waals surface area (Å²) >= 11 is 0. The van der Waals surface area contributed by atoms with Gasteiger partial charge in [-0.05, 0) is 26.7 Å². The smallest absolute Gasteiger partial charge is 0.234 e. The summed E-state index contributed by atoms with van der Waals surface area (Å²) in [5, 5.41) is 18.5. The van der Waals surface area contributed by atoms with E-state index in [0.29, 0.717) is 25.1 Å². The Morgan fingerprint density at radius 1 is 1.45 bits per heavy atom. The molecular formula is C13H22N4O3. The molecule has 0 unspecified atom stereocenters. The SMILES string of the molecule is CCC(CC)(C(=O)NCc1c(C)noc1C)C(N)=NO. The van der Waals surface area contributed by atoms with Crippen LogP contribution in [0, 0.1) is 19.3 Å². The van der Waals surface area contributed by atoms with E-state index in [4.69, 9.17) is 15.5 Å². The molecule has 112 valence electrons. The summed E-state index contributed by atoms with van der Waals surface area (Å²) in [5.74, 6) is 0.335. The van der Waals surface area contributed by atoms with Gasteiger partial charge in [-0.25, -0.2) is 0 Å². The van der Waals surface area contributed by atoms with E-state index in [-0.39, 0.29) is 11.7 Å². The molecule has 7 nitrogen and oxygen atoms in total. The highest BCUT2D eigenvalue weighted by Crippen LogP contribution is 2.27. The zero-order valence-electron chi connectivity index (χ0n) is 12.4. The number of hydrogen-bond donors (Lipinski definition) is 3. The maximum atomic E-state index is 12.4. The molecule has 0 bridgehead atoms. The van der Waals surface area contributed by atoms with Crippen LogP contribution in [0.25, 0.3) is 0 Å². The molecule has 0 saturated carbocycles. The van der Waals surface area contributed by atoms with Gasteiger partial charge in [-0.1, -0.05) is 24.2 Å². The lowest BCUT2D eigenvalue weighted by molar-refractivity contribution is -0.128. The van der Waals surface area contributed by atoms with Gasteiger partial charge in [0.1, 0.15) is 11.2 Å². The van der Waals surface area contributed by atoms with E-state index < -0.39 is 5.41 Å². The van der Waals surface area contributed by atoms with Crippen LogP contribution in [-0.4, -0.2) is 22.1 Å². The Balaban J connectivity index is 2.88. The average Bonchev–Trinajstić information content (AvgIpc) is 2.77. The van der Waals surface area contributed by atoms with Gasteiger partial charge < -0.3 is 20.8 Å². The Bertz CT molecular complexity index is 484. The molecule has 0 saturated heterocycles. The first-order valence-corrected chi connectivity index (χ1v) is 6.61. The number of amidine groups is 1. The van der Waals surface area contributed by atoms with Gasteiger partial charge in [0.2, 0.25) is 5.91 Å². The van der Waals surface area contributed by atoms with Crippen molar-refractivity contribution in [3.8, 4) is 0 Å². The molecule has 20 heavy (non-hydrogen) atoms. The molecule has 0 spiro atoms. The van der Waals surface area contributed by atoms with E-state index in [1.165, 1.54) is 0 Å². The number of rotatable bonds is 6. The van der Waals surface area contributed by atoms with Gasteiger partial charge in [-0.3, -0.25) is 4.79 Å². The minimum Gasteiger partial charge on any atom is -0.409 e. The summed E-state index contributed by atoms with van der Waals surface area (Å²) in [6.45, 7) is 7.57. The topological polar surface area (TPSA) is 114 Å². The van der Waals surface area contributed by atoms with Crippen molar-refractivity contribution in [1.82, 2.24) is 10.5 Å². The average molecular weight is 282 g/mol. The summed E-state index contributed by atoms with van der Waals surface area (Å²) in [7, 11) is 0. The molecule has 0 aliphatic carbocycles. The molecule has 0 fully saturated rings. The summed E-state index contributed by atoms with van der Waals surface area (Å²) in [5.41, 5.74) is 6.29. The van der Waals surface area contributed by atoms with Crippen molar-refractivity contribution in [2.75, 3.05) is 0 Å². The third kappa shape index (κ3) is 2.76. The van der Waals surface area contributed by atoms with Crippen LogP contribution in [0.1, 0.15) is 43.7 Å². The first kappa shape index (κ1) is 16.0. The van der Waals surface area contributed by atoms with Crippen LogP contribution < -0.4 is 11.1 Å². The Labute approximate surface area is 118 Å². The van der Waals surface area contributed by atoms with E-state index in [2.05, 4.69) is 15.6 Å². The van der Waals surface area contributed by atoms with Crippen LogP contribution in [0.4, 0.5) is 0 Å². The summed E-state index contributed by atoms with van der Waals surface area (Å²) in [6.07, 6.45) is 0.902. The predicted molar refractivity (Wildman–Crippen MR) is 74.2 cm³/mol. The van der Waals surface area contributed by atoms with E-state index in [1.54, 1.807) is 6.92 Å². The summed E-state index contributed by atoms with van der Waals surface area (Å²) in [6, 6.07) is 0. The van der Waals surface area contributed by atoms with Crippen molar-refractivity contribution in [3.63, 3.8) is 0 Å². The molecule has 1 rings (SSSR count). The molecule has 1 aromatic heterocycles. The highest BCUT2D eigenvalue weighted by molar-refractivity contribution is 6.06. The molecule has 4 N–H and O–H groups in total. The first-order valence-electron chi connectivity index (χ1n) is 6.61. The molecule has 0 atom stereocenters. The number of hydrogen-bond acceptors (Lipinski definition) is 5. The van der Waals surface area contributed by atoms with E-state index in [0.717, 1.165) is 11.3 Å². The molecule has 0 aliphatic rings. The number of carbonyl (C=O) groups excluding carboxylic acids is 1. The van der Waals surface area contributed by atoms with Gasteiger partial charge in [-0.15, -0.1) is 0 Å². The van der Waals surface area contributed by atoms with E-state index in [9.17, 15) is 4.79 Å². The largest absolute Gasteiger partial charge is 0.409 e. The molecule has 1 amide bonds. The highest BCUT2D eigenvalue weighted by Gasteiger charge is 2.39. The van der Waals surface area contributed by atoms with Gasteiger partial charge in [0.15, 0.2) is 5.84 Å². The molecule has 1 aromatic rings. The molecule has 0 radical (unpaired) electrons. The second kappa shape index (κ2) is 6.40. The molecule has 0 aliphatic heterocycles. The fourth-order valence-corrected chi connectivity index (χ4v) is 2.24. The van der Waals surface area contributed by atoms with Crippen molar-refractivity contribution in [2.24, 2.45) is 16.3 Å². The lowest BCUT2D eigenvalue weighted by atomic mass is 9.80. The van der Waals surface area contributed by atoms with Crippen LogP contribution in [-0.2, 0) is 11.3 Å². The monoisotopic (exact) mass is 282 g/mol. The number of nitrogens with one attached hydrogen (secondary N) is 1. The van der Waals surface area contributed by atoms with Gasteiger partial charge in [-0.2, -0.15) is 0 Å². The molecular weight excluding hydrogens is 260 g/mol. The van der Waals surface area contributed by atoms with Crippen LogP contribution in [0.2, 0.25) is 0 Å². The van der Waals surface area contributed by atoms with Gasteiger partial charge in [0.25, 0.3) is 0 Å². The third-order valence-corrected chi connectivity index (χ3v) is 3.85. The molecule has 7 heteroatoms. The Morgan fingerprint density at radius 3 is 2.45 bits per heavy atom. The van der Waals surface area contributed by atoms with Crippen LogP contribution in [0.3, 0.4) is 0 Å². The van der Waals surface area contributed by atoms with Gasteiger partial charge in [0, 0.05) is 12.1 Å². The Morgan fingerprint density at radius 2 is 2.05 bits per heavy atom. The zero-order chi connectivity index (χ0) is 15.3. The Kier molecular flexibility index (Phi) is 5.12. The van der Waals surface area contributed by atoms with Gasteiger partial charge in [0.05, 0.1) is 5.69 Å². The summed E-state index contributed by atoms with van der Waals surface area (Å²) in [4.78, 5) is 12.4. The molecule has 0 aromatic carbocycles. The maximum Gasteiger partial charge on any atom is 0.234 e. The fourth-order valence-electron chi connectivity index (χ4n) is 2.24. The van der Waals surface area contributed by atoms with E-state index in [1.807, 2.05) is 20.8 Å². The van der Waals surface area contributed by atoms with E-state index >= 15 is 0 Å². The lowest BCUT2D eigenvalue weighted by Gasteiger charge is -2.28. The molecule has 1 heterocycles. The lowest BCUT2D eigenvalue weighted by Crippen LogP contribution is -2.49. The standard InChI is InChI=1S/C13H22N4O3/c1-5-13(6-2,11(14)16-19)12(18)15-7-10-8(3)17-20-9(10)4/h19H,5-7H2,1-4H3,(H2,14,16)(H,15,18). The van der Waals surface area contributed by atoms with Crippen LogP contribution in [0.15, 0.2) is 9.68 Å². The third-order valence-electron chi connectivity index (χ3n) is 3.85. The van der Waals surface area contributed by atoms with Crippen molar-refractivity contribution in [3.05, 3.63) is 17.0 Å². The normalized spacial score (nSPS) is 12.5. The second-order valence-electron chi connectivity index (χ2n) is 4.76. The maximum absolute atomic E-state index is 12.4. The number of amides is 1. The minimum absolute atomic E-state index is 0.0706. The first-order chi connectivity index (χ1) is 9.42. The number of aromatic nitrogens is 1. The van der Waals surface area contributed by atoms with Crippen molar-refractivity contribution in [2.45, 2.75) is 47.1 Å². The van der Waals surface area contributed by atoms with Crippen LogP contribution >= 0.6 is 0 Å². The van der Waals surface area contributed by atoms with Crippen molar-refractivity contribution >= 4 is 11.7 Å². The van der Waals surface area contributed by atoms with Crippen LogP contribution in [0.5, 0.6) is 0 Å². The number of oxime groups is 1. The van der Waals surface area contributed by atoms with Crippen molar-refractivity contribution in [1.29, 1.82) is 0 Å². The van der Waals surface area contributed by atoms with Crippen molar-refractivity contribution < 1.29 is 14.5 Å². The highest BCUT2D eigenvalue weighted by atomic mass is 16.5. The number of nitrogens with zero attached hydrogens (tertiary/aromatic N) is 2. The Hall–Kier alpha value is -2.05. The fraction of sp³-hybridized carbons (Fsp3) is 0.615. The quantitative estimate of drug-likeness (QED) is 0.316.